The van der Waals surface area contributed by atoms with E-state index in [0.717, 1.165) is 22.6 Å². The van der Waals surface area contributed by atoms with Gasteiger partial charge in [-0.2, -0.15) is 0 Å². The van der Waals surface area contributed by atoms with Crippen LogP contribution in [0.3, 0.4) is 0 Å². The first-order chi connectivity index (χ1) is 36.3. The molecular formula is C73H53N. The molecule has 0 heterocycles. The summed E-state index contributed by atoms with van der Waals surface area (Å²) in [5, 5.41) is 0. The summed E-state index contributed by atoms with van der Waals surface area (Å²) in [5.74, 6) is 0. The molecule has 3 aliphatic carbocycles. The van der Waals surface area contributed by atoms with Crippen LogP contribution in [0.2, 0.25) is 0 Å². The Balaban J connectivity index is 0.877. The molecule has 0 saturated heterocycles. The molecular weight excluding hydrogens is 891 g/mol. The Hall–Kier alpha value is -9.04. The maximum atomic E-state index is 4.00. The Bertz CT molecular complexity index is 4010. The van der Waals surface area contributed by atoms with Crippen molar-refractivity contribution in [1.29, 1.82) is 0 Å². The second-order valence-electron chi connectivity index (χ2n) is 21.0. The molecule has 1 unspecified atom stereocenters. The van der Waals surface area contributed by atoms with Crippen molar-refractivity contribution >= 4 is 23.1 Å². The first kappa shape index (κ1) is 43.7. The van der Waals surface area contributed by atoms with Crippen LogP contribution in [0.25, 0.3) is 84.0 Å². The van der Waals surface area contributed by atoms with Gasteiger partial charge in [0.1, 0.15) is 0 Å². The number of rotatable bonds is 8. The topological polar surface area (TPSA) is 3.24 Å². The molecule has 1 heteroatoms. The molecule has 0 fully saturated rings. The summed E-state index contributed by atoms with van der Waals surface area (Å²) >= 11 is 0. The molecule has 0 radical (unpaired) electrons. The van der Waals surface area contributed by atoms with Gasteiger partial charge in [-0.1, -0.05) is 226 Å². The van der Waals surface area contributed by atoms with Crippen LogP contribution < -0.4 is 4.90 Å². The van der Waals surface area contributed by atoms with Crippen molar-refractivity contribution in [2.45, 2.75) is 31.6 Å². The molecule has 11 aromatic rings. The SMILES string of the molecule is C=Cc1ccc(-c2ccc3c(c2)C2(c4ccccc4-3)c3ccccc3-c3ccc(-c4ccc(N(c5ccc(-c6ccccc6)cc5)c5ccc6c(c5)C(C)(C)c5cc(-c7ccc(C)cc7)ccc5-6)cc4)cc32)cc1. The normalized spacial score (nSPS) is 14.9. The lowest BCUT2D eigenvalue weighted by Gasteiger charge is -2.31. The Morgan fingerprint density at radius 1 is 0.311 bits per heavy atom. The lowest BCUT2D eigenvalue weighted by atomic mass is 9.70. The summed E-state index contributed by atoms with van der Waals surface area (Å²) in [6, 6.07) is 93.2. The summed E-state index contributed by atoms with van der Waals surface area (Å²) in [4.78, 5) is 2.43. The maximum Gasteiger partial charge on any atom is 0.0725 e. The van der Waals surface area contributed by atoms with Crippen LogP contribution in [0, 0.1) is 6.92 Å². The smallest absolute Gasteiger partial charge is 0.0725 e. The minimum atomic E-state index is -0.475. The van der Waals surface area contributed by atoms with E-state index in [1.165, 1.54) is 117 Å². The molecule has 1 nitrogen and oxygen atoms in total. The third-order valence-electron chi connectivity index (χ3n) is 16.6. The number of hydrogen-bond acceptors (Lipinski definition) is 1. The molecule has 11 aromatic carbocycles. The lowest BCUT2D eigenvalue weighted by molar-refractivity contribution is 0.660. The molecule has 0 aromatic heterocycles. The summed E-state index contributed by atoms with van der Waals surface area (Å²) in [5.41, 5.74) is 30.7. The second kappa shape index (κ2) is 16.8. The Kier molecular flexibility index (Phi) is 9.91. The zero-order chi connectivity index (χ0) is 49.7. The average Bonchev–Trinajstić information content (AvgIpc) is 4.18. The zero-order valence-corrected chi connectivity index (χ0v) is 41.9. The van der Waals surface area contributed by atoms with Crippen LogP contribution in [0.4, 0.5) is 17.1 Å². The predicted molar refractivity (Wildman–Crippen MR) is 312 cm³/mol. The molecule has 0 saturated carbocycles. The summed E-state index contributed by atoms with van der Waals surface area (Å²) < 4.78 is 0. The first-order valence-corrected chi connectivity index (χ1v) is 25.9. The maximum absolute atomic E-state index is 4.00. The highest BCUT2D eigenvalue weighted by molar-refractivity contribution is 5.97. The van der Waals surface area contributed by atoms with E-state index < -0.39 is 5.41 Å². The van der Waals surface area contributed by atoms with Crippen LogP contribution in [-0.2, 0) is 10.8 Å². The van der Waals surface area contributed by atoms with Crippen molar-refractivity contribution in [2.24, 2.45) is 0 Å². The molecule has 1 atom stereocenters. The number of fused-ring (bicyclic) bond motifs is 13. The zero-order valence-electron chi connectivity index (χ0n) is 41.9. The Morgan fingerprint density at radius 2 is 0.662 bits per heavy atom. The fraction of sp³-hybridized carbons (Fsp3) is 0.0685. The van der Waals surface area contributed by atoms with Crippen LogP contribution in [0.1, 0.15) is 58.4 Å². The lowest BCUT2D eigenvalue weighted by Crippen LogP contribution is -2.26. The van der Waals surface area contributed by atoms with Gasteiger partial charge in [0.25, 0.3) is 0 Å². The Labute approximate surface area is 435 Å². The fourth-order valence-electron chi connectivity index (χ4n) is 12.8. The Morgan fingerprint density at radius 3 is 1.18 bits per heavy atom. The van der Waals surface area contributed by atoms with Gasteiger partial charge in [0.15, 0.2) is 0 Å². The van der Waals surface area contributed by atoms with E-state index in [0.29, 0.717) is 0 Å². The molecule has 350 valence electrons. The van der Waals surface area contributed by atoms with Crippen molar-refractivity contribution in [3.63, 3.8) is 0 Å². The number of benzene rings is 11. The van der Waals surface area contributed by atoms with E-state index in [9.17, 15) is 0 Å². The summed E-state index contributed by atoms with van der Waals surface area (Å²) in [6.45, 7) is 10.9. The van der Waals surface area contributed by atoms with Crippen molar-refractivity contribution in [3.8, 4) is 77.9 Å². The minimum absolute atomic E-state index is 0.197. The molecule has 74 heavy (non-hydrogen) atoms. The molecule has 0 bridgehead atoms. The van der Waals surface area contributed by atoms with E-state index in [2.05, 4.69) is 281 Å². The van der Waals surface area contributed by atoms with Crippen molar-refractivity contribution in [1.82, 2.24) is 0 Å². The van der Waals surface area contributed by atoms with Gasteiger partial charge in [0.2, 0.25) is 0 Å². The molecule has 0 N–H and O–H groups in total. The van der Waals surface area contributed by atoms with Crippen LogP contribution >= 0.6 is 0 Å². The van der Waals surface area contributed by atoms with Crippen LogP contribution in [0.5, 0.6) is 0 Å². The van der Waals surface area contributed by atoms with Gasteiger partial charge in [0, 0.05) is 22.5 Å². The van der Waals surface area contributed by atoms with Crippen molar-refractivity contribution < 1.29 is 0 Å². The van der Waals surface area contributed by atoms with E-state index in [1.807, 2.05) is 6.08 Å². The van der Waals surface area contributed by atoms with E-state index in [4.69, 9.17) is 0 Å². The van der Waals surface area contributed by atoms with Gasteiger partial charge in [-0.3, -0.25) is 0 Å². The number of hydrogen-bond donors (Lipinski definition) is 0. The van der Waals surface area contributed by atoms with Gasteiger partial charge < -0.3 is 4.90 Å². The van der Waals surface area contributed by atoms with Crippen LogP contribution in [0.15, 0.2) is 255 Å². The molecule has 14 rings (SSSR count). The van der Waals surface area contributed by atoms with E-state index in [1.54, 1.807) is 0 Å². The standard InChI is InChI=1S/C73H53N/c1-5-48-21-25-52(26-22-48)55-32-40-64-60-15-9-11-17-66(60)73(70(64)44-55)67-18-12-10-16-61(67)65-41-33-56(45-71(65)73)53-29-36-58(37-30-53)74(57-34-27-50(28-35-57)49-13-7-6-8-14-49)59-38-42-63-62-39-31-54(51-23-19-47(2)20-24-51)43-68(62)72(3,4)69(63)46-59/h5-46H,1H2,2-4H3. The van der Waals surface area contributed by atoms with Gasteiger partial charge in [-0.15, -0.1) is 0 Å². The van der Waals surface area contributed by atoms with Gasteiger partial charge in [0.05, 0.1) is 5.41 Å². The highest BCUT2D eigenvalue weighted by Gasteiger charge is 2.52. The third-order valence-corrected chi connectivity index (χ3v) is 16.6. The largest absolute Gasteiger partial charge is 0.310 e. The third kappa shape index (κ3) is 6.63. The van der Waals surface area contributed by atoms with Gasteiger partial charge in [-0.25, -0.2) is 0 Å². The predicted octanol–water partition coefficient (Wildman–Crippen LogP) is 19.4. The fourth-order valence-corrected chi connectivity index (χ4v) is 12.8. The van der Waals surface area contributed by atoms with Gasteiger partial charge >= 0.3 is 0 Å². The summed E-state index contributed by atoms with van der Waals surface area (Å²) in [6.07, 6.45) is 1.91. The first-order valence-electron chi connectivity index (χ1n) is 25.9. The number of aryl methyl sites for hydroxylation is 1. The number of nitrogens with zero attached hydrogens (tertiary/aromatic N) is 1. The van der Waals surface area contributed by atoms with Crippen molar-refractivity contribution in [3.05, 3.63) is 300 Å². The van der Waals surface area contributed by atoms with E-state index >= 15 is 0 Å². The molecule has 3 aliphatic rings. The molecule has 0 aliphatic heterocycles. The highest BCUT2D eigenvalue weighted by atomic mass is 15.1. The van der Waals surface area contributed by atoms with Crippen LogP contribution in [-0.4, -0.2) is 0 Å². The molecule has 0 amide bonds. The minimum Gasteiger partial charge on any atom is -0.310 e. The quantitative estimate of drug-likeness (QED) is 0.147. The monoisotopic (exact) mass is 943 g/mol. The molecule has 1 spiro atoms. The van der Waals surface area contributed by atoms with Gasteiger partial charge in [-0.05, 0) is 178 Å². The number of anilines is 3. The average molecular weight is 944 g/mol. The highest BCUT2D eigenvalue weighted by Crippen LogP contribution is 2.63. The van der Waals surface area contributed by atoms with E-state index in [-0.39, 0.29) is 5.41 Å². The summed E-state index contributed by atoms with van der Waals surface area (Å²) in [7, 11) is 0. The van der Waals surface area contributed by atoms with Crippen molar-refractivity contribution in [2.75, 3.05) is 4.90 Å². The second-order valence-corrected chi connectivity index (χ2v) is 21.0.